The summed E-state index contributed by atoms with van der Waals surface area (Å²) >= 11 is 0. The Kier molecular flexibility index (Phi) is 11.4. The van der Waals surface area contributed by atoms with Crippen molar-refractivity contribution in [3.63, 3.8) is 0 Å². The monoisotopic (exact) mass is 484 g/mol. The van der Waals surface area contributed by atoms with E-state index in [0.717, 1.165) is 0 Å². The fourth-order valence-electron chi connectivity index (χ4n) is 2.69. The smallest absolute Gasteiger partial charge is 0.328 e. The van der Waals surface area contributed by atoms with Crippen LogP contribution in [0.25, 0.3) is 0 Å². The van der Waals surface area contributed by atoms with Crippen LogP contribution in [0, 0.1) is 0 Å². The molecule has 0 saturated carbocycles. The van der Waals surface area contributed by atoms with Gasteiger partial charge in [-0.05, 0) is 24.1 Å². The van der Waals surface area contributed by atoms with Gasteiger partial charge in [0.05, 0.1) is 19.3 Å². The third kappa shape index (κ3) is 9.40. The molecule has 0 fully saturated rings. The molecular weight excluding hydrogens is 456 g/mol. The van der Waals surface area contributed by atoms with Crippen molar-refractivity contribution in [1.82, 2.24) is 16.0 Å². The van der Waals surface area contributed by atoms with Crippen LogP contribution in [-0.4, -0.2) is 92.6 Å². The highest BCUT2D eigenvalue weighted by Gasteiger charge is 2.30. The van der Waals surface area contributed by atoms with Crippen molar-refractivity contribution in [3.8, 4) is 5.75 Å². The number of nitrogens with one attached hydrogen (secondary N) is 3. The zero-order valence-electron chi connectivity index (χ0n) is 18.0. The van der Waals surface area contributed by atoms with Crippen LogP contribution < -0.4 is 21.7 Å². The average molecular weight is 484 g/mol. The van der Waals surface area contributed by atoms with Crippen molar-refractivity contribution < 1.29 is 49.5 Å². The maximum atomic E-state index is 12.6. The number of carboxylic acid groups (broad SMARTS) is 2. The van der Waals surface area contributed by atoms with E-state index in [1.54, 1.807) is 0 Å². The number of benzene rings is 1. The largest absolute Gasteiger partial charge is 0.508 e. The molecule has 10 N–H and O–H groups in total. The van der Waals surface area contributed by atoms with E-state index >= 15 is 0 Å². The van der Waals surface area contributed by atoms with Crippen molar-refractivity contribution in [2.24, 2.45) is 5.73 Å². The molecule has 0 aromatic heterocycles. The van der Waals surface area contributed by atoms with Gasteiger partial charge < -0.3 is 47.2 Å². The fourth-order valence-corrected chi connectivity index (χ4v) is 2.69. The van der Waals surface area contributed by atoms with Crippen molar-refractivity contribution in [1.29, 1.82) is 0 Å². The minimum Gasteiger partial charge on any atom is -0.508 e. The molecule has 14 nitrogen and oxygen atoms in total. The lowest BCUT2D eigenvalue weighted by atomic mass is 10.0. The molecule has 1 aromatic carbocycles. The third-order valence-corrected chi connectivity index (χ3v) is 4.63. The van der Waals surface area contributed by atoms with Crippen LogP contribution in [0.3, 0.4) is 0 Å². The zero-order valence-corrected chi connectivity index (χ0v) is 18.0. The number of aliphatic hydroxyl groups is 2. The number of phenols is 1. The van der Waals surface area contributed by atoms with Gasteiger partial charge in [0, 0.05) is 12.8 Å². The van der Waals surface area contributed by atoms with Crippen LogP contribution in [0.1, 0.15) is 18.4 Å². The summed E-state index contributed by atoms with van der Waals surface area (Å²) in [4.78, 5) is 59.1. The number of rotatable bonds is 14. The van der Waals surface area contributed by atoms with Crippen molar-refractivity contribution >= 4 is 29.7 Å². The highest BCUT2D eigenvalue weighted by Crippen LogP contribution is 2.12. The Hall–Kier alpha value is -3.75. The lowest BCUT2D eigenvalue weighted by molar-refractivity contribution is -0.143. The van der Waals surface area contributed by atoms with E-state index in [9.17, 15) is 34.2 Å². The Balaban J connectivity index is 2.97. The summed E-state index contributed by atoms with van der Waals surface area (Å²) < 4.78 is 0. The van der Waals surface area contributed by atoms with Crippen LogP contribution >= 0.6 is 0 Å². The normalized spacial score (nSPS) is 14.2. The van der Waals surface area contributed by atoms with Gasteiger partial charge in [-0.15, -0.1) is 0 Å². The predicted molar refractivity (Wildman–Crippen MR) is 114 cm³/mol. The van der Waals surface area contributed by atoms with Gasteiger partial charge in [-0.25, -0.2) is 4.79 Å². The molecule has 1 rings (SSSR count). The minimum absolute atomic E-state index is 0.0534. The van der Waals surface area contributed by atoms with Crippen molar-refractivity contribution in [2.75, 3.05) is 13.2 Å². The Morgan fingerprint density at radius 3 is 1.79 bits per heavy atom. The first-order chi connectivity index (χ1) is 16.0. The standard InChI is InChI=1S/C20H28N4O10/c21-12(5-6-16(28)29)17(30)23-14(8-25)19(32)22-13(7-10-1-3-11(27)4-2-10)18(31)24-15(9-26)20(33)34/h1-4,12-15,25-27H,5-9,21H2,(H,22,32)(H,23,30)(H,24,31)(H,28,29)(H,33,34). The molecule has 0 aliphatic heterocycles. The maximum Gasteiger partial charge on any atom is 0.328 e. The predicted octanol–water partition coefficient (Wildman–Crippen LogP) is -3.35. The summed E-state index contributed by atoms with van der Waals surface area (Å²) in [7, 11) is 0. The summed E-state index contributed by atoms with van der Waals surface area (Å²) in [5.41, 5.74) is 6.05. The molecule has 188 valence electrons. The van der Waals surface area contributed by atoms with E-state index in [0.29, 0.717) is 5.56 Å². The van der Waals surface area contributed by atoms with E-state index in [4.69, 9.17) is 21.1 Å². The quantitative estimate of drug-likeness (QED) is 0.126. The Bertz CT molecular complexity index is 877. The molecule has 1 aromatic rings. The first-order valence-corrected chi connectivity index (χ1v) is 10.1. The van der Waals surface area contributed by atoms with E-state index < -0.39 is 73.5 Å². The first-order valence-electron chi connectivity index (χ1n) is 10.1. The number of aliphatic carboxylic acids is 2. The molecule has 4 atom stereocenters. The SMILES string of the molecule is NC(CCC(=O)O)C(=O)NC(CO)C(=O)NC(Cc1ccc(O)cc1)C(=O)NC(CO)C(=O)O. The van der Waals surface area contributed by atoms with Crippen molar-refractivity contribution in [2.45, 2.75) is 43.4 Å². The van der Waals surface area contributed by atoms with Gasteiger partial charge in [-0.3, -0.25) is 19.2 Å². The second kappa shape index (κ2) is 13.7. The number of hydrogen-bond donors (Lipinski definition) is 9. The van der Waals surface area contributed by atoms with Gasteiger partial charge in [0.2, 0.25) is 17.7 Å². The molecule has 0 saturated heterocycles. The molecular formula is C20H28N4O10. The number of carbonyl (C=O) groups excluding carboxylic acids is 3. The minimum atomic E-state index is -1.65. The molecule has 0 aliphatic carbocycles. The van der Waals surface area contributed by atoms with Crippen LogP contribution in [0.4, 0.5) is 0 Å². The van der Waals surface area contributed by atoms with Crippen LogP contribution in [0.2, 0.25) is 0 Å². The van der Waals surface area contributed by atoms with Gasteiger partial charge in [0.25, 0.3) is 0 Å². The second-order valence-electron chi connectivity index (χ2n) is 7.30. The van der Waals surface area contributed by atoms with Gasteiger partial charge in [-0.1, -0.05) is 12.1 Å². The van der Waals surface area contributed by atoms with Gasteiger partial charge in [-0.2, -0.15) is 0 Å². The van der Waals surface area contributed by atoms with Gasteiger partial charge in [0.15, 0.2) is 0 Å². The lowest BCUT2D eigenvalue weighted by Crippen LogP contribution is -2.58. The molecule has 34 heavy (non-hydrogen) atoms. The molecule has 0 heterocycles. The fraction of sp³-hybridized carbons (Fsp3) is 0.450. The highest BCUT2D eigenvalue weighted by atomic mass is 16.4. The summed E-state index contributed by atoms with van der Waals surface area (Å²) in [5.74, 6) is -5.62. The number of hydrogen-bond acceptors (Lipinski definition) is 9. The Labute approximate surface area is 193 Å². The molecule has 0 bridgehead atoms. The van der Waals surface area contributed by atoms with E-state index in [-0.39, 0.29) is 18.6 Å². The number of carbonyl (C=O) groups is 5. The summed E-state index contributed by atoms with van der Waals surface area (Å²) in [6.07, 6.45) is -0.778. The van der Waals surface area contributed by atoms with Crippen LogP contribution in [0.5, 0.6) is 5.75 Å². The summed E-state index contributed by atoms with van der Waals surface area (Å²) in [5, 5.41) is 52.3. The topological polar surface area (TPSA) is 249 Å². The van der Waals surface area contributed by atoms with Gasteiger partial charge >= 0.3 is 11.9 Å². The molecule has 14 heteroatoms. The van der Waals surface area contributed by atoms with Crippen LogP contribution in [-0.2, 0) is 30.4 Å². The molecule has 3 amide bonds. The van der Waals surface area contributed by atoms with E-state index in [1.165, 1.54) is 24.3 Å². The third-order valence-electron chi connectivity index (χ3n) is 4.63. The number of nitrogens with two attached hydrogens (primary N) is 1. The summed E-state index contributed by atoms with van der Waals surface area (Å²) in [6, 6.07) is -0.291. The summed E-state index contributed by atoms with van der Waals surface area (Å²) in [6.45, 7) is -1.80. The number of aromatic hydroxyl groups is 1. The molecule has 0 radical (unpaired) electrons. The first kappa shape index (κ1) is 28.3. The van der Waals surface area contributed by atoms with E-state index in [2.05, 4.69) is 16.0 Å². The second-order valence-corrected chi connectivity index (χ2v) is 7.30. The van der Waals surface area contributed by atoms with E-state index in [1.807, 2.05) is 0 Å². The van der Waals surface area contributed by atoms with Crippen LogP contribution in [0.15, 0.2) is 24.3 Å². The molecule has 4 unspecified atom stereocenters. The number of carboxylic acids is 2. The maximum absolute atomic E-state index is 12.6. The number of amides is 3. The Morgan fingerprint density at radius 2 is 1.29 bits per heavy atom. The average Bonchev–Trinajstić information content (AvgIpc) is 2.79. The van der Waals surface area contributed by atoms with Crippen molar-refractivity contribution in [3.05, 3.63) is 29.8 Å². The Morgan fingerprint density at radius 1 is 0.794 bits per heavy atom. The number of phenolic OH excluding ortho intramolecular Hbond substituents is 1. The molecule has 0 aliphatic rings. The van der Waals surface area contributed by atoms with Gasteiger partial charge in [0.1, 0.15) is 23.9 Å². The number of aliphatic hydroxyl groups excluding tert-OH is 2. The highest BCUT2D eigenvalue weighted by molar-refractivity contribution is 5.94. The zero-order chi connectivity index (χ0) is 25.8. The lowest BCUT2D eigenvalue weighted by Gasteiger charge is -2.24. The molecule has 0 spiro atoms.